The van der Waals surface area contributed by atoms with Gasteiger partial charge in [-0.15, -0.1) is 0 Å². The largest absolute Gasteiger partial charge is 0.356 e. The molecule has 0 aliphatic heterocycles. The van der Waals surface area contributed by atoms with Crippen molar-refractivity contribution in [2.75, 3.05) is 13.1 Å². The van der Waals surface area contributed by atoms with E-state index in [9.17, 15) is 9.59 Å². The Morgan fingerprint density at radius 2 is 2.11 bits per heavy atom. The summed E-state index contributed by atoms with van der Waals surface area (Å²) in [4.78, 5) is 27.1. The predicted octanol–water partition coefficient (Wildman–Crippen LogP) is 1.74. The van der Waals surface area contributed by atoms with Gasteiger partial charge >= 0.3 is 0 Å². The molecular weight excluding hydrogens is 310 g/mol. The van der Waals surface area contributed by atoms with E-state index in [1.54, 1.807) is 18.3 Å². The highest BCUT2D eigenvalue weighted by atomic mass is 79.9. The van der Waals surface area contributed by atoms with Gasteiger partial charge in [-0.05, 0) is 34.0 Å². The first-order valence-corrected chi connectivity index (χ1v) is 6.95. The molecule has 0 unspecified atom stereocenters. The second kappa shape index (κ2) is 7.89. The number of halogens is 1. The maximum Gasteiger partial charge on any atom is 0.251 e. The van der Waals surface area contributed by atoms with Crippen molar-refractivity contribution in [3.8, 4) is 0 Å². The van der Waals surface area contributed by atoms with Crippen LogP contribution in [0.25, 0.3) is 0 Å². The molecule has 0 aliphatic carbocycles. The van der Waals surface area contributed by atoms with E-state index in [1.807, 2.05) is 13.8 Å². The molecule has 19 heavy (non-hydrogen) atoms. The van der Waals surface area contributed by atoms with Gasteiger partial charge < -0.3 is 10.6 Å². The van der Waals surface area contributed by atoms with Crippen LogP contribution in [0.2, 0.25) is 0 Å². The van der Waals surface area contributed by atoms with Crippen molar-refractivity contribution in [1.29, 1.82) is 0 Å². The number of amides is 2. The van der Waals surface area contributed by atoms with Crippen LogP contribution in [-0.4, -0.2) is 29.9 Å². The number of nitrogens with one attached hydrogen (secondary N) is 2. The van der Waals surface area contributed by atoms with Crippen LogP contribution in [0.3, 0.4) is 0 Å². The van der Waals surface area contributed by atoms with Crippen LogP contribution in [0, 0.1) is 5.92 Å². The monoisotopic (exact) mass is 327 g/mol. The molecule has 0 aromatic carbocycles. The molecule has 6 heteroatoms. The van der Waals surface area contributed by atoms with Crippen LogP contribution in [0.5, 0.6) is 0 Å². The molecular formula is C13H18BrN3O2. The summed E-state index contributed by atoms with van der Waals surface area (Å²) in [5.74, 6) is 0.164. The molecule has 2 amide bonds. The predicted molar refractivity (Wildman–Crippen MR) is 76.7 cm³/mol. The molecule has 1 aromatic rings. The number of carbonyl (C=O) groups excluding carboxylic acids is 2. The van der Waals surface area contributed by atoms with Crippen molar-refractivity contribution >= 4 is 27.7 Å². The second-order valence-corrected chi connectivity index (χ2v) is 5.38. The van der Waals surface area contributed by atoms with E-state index in [0.717, 1.165) is 0 Å². The summed E-state index contributed by atoms with van der Waals surface area (Å²) in [7, 11) is 0. The van der Waals surface area contributed by atoms with E-state index in [-0.39, 0.29) is 18.2 Å². The summed E-state index contributed by atoms with van der Waals surface area (Å²) in [6.45, 7) is 5.04. The SMILES string of the molecule is CC(C)CNC(=O)CCNC(=O)c1ccnc(Br)c1. The Labute approximate surface area is 121 Å². The molecule has 0 aliphatic rings. The molecule has 1 heterocycles. The minimum absolute atomic E-state index is 0.0510. The van der Waals surface area contributed by atoms with Crippen LogP contribution in [-0.2, 0) is 4.79 Å². The molecule has 104 valence electrons. The first-order chi connectivity index (χ1) is 8.99. The van der Waals surface area contributed by atoms with Crippen LogP contribution >= 0.6 is 15.9 Å². The summed E-state index contributed by atoms with van der Waals surface area (Å²) in [6.07, 6.45) is 1.83. The lowest BCUT2D eigenvalue weighted by Crippen LogP contribution is -2.32. The minimum atomic E-state index is -0.209. The van der Waals surface area contributed by atoms with Gasteiger partial charge in [0.1, 0.15) is 4.60 Å². The number of rotatable bonds is 6. The molecule has 5 nitrogen and oxygen atoms in total. The van der Waals surface area contributed by atoms with E-state index in [2.05, 4.69) is 31.5 Å². The topological polar surface area (TPSA) is 71.1 Å². The lowest BCUT2D eigenvalue weighted by Gasteiger charge is -2.08. The summed E-state index contributed by atoms with van der Waals surface area (Å²) in [5, 5.41) is 5.49. The zero-order valence-electron chi connectivity index (χ0n) is 11.1. The Balaban J connectivity index is 2.29. The Morgan fingerprint density at radius 1 is 1.37 bits per heavy atom. The molecule has 0 radical (unpaired) electrons. The fraction of sp³-hybridized carbons (Fsp3) is 0.462. The average molecular weight is 328 g/mol. The summed E-state index contributed by atoms with van der Waals surface area (Å²) in [5.41, 5.74) is 0.518. The molecule has 1 aromatic heterocycles. The minimum Gasteiger partial charge on any atom is -0.356 e. The van der Waals surface area contributed by atoms with Gasteiger partial charge in [-0.1, -0.05) is 13.8 Å². The summed E-state index contributed by atoms with van der Waals surface area (Å²) in [6, 6.07) is 3.26. The molecule has 0 saturated carbocycles. The van der Waals surface area contributed by atoms with E-state index >= 15 is 0 Å². The van der Waals surface area contributed by atoms with Gasteiger partial charge in [-0.3, -0.25) is 9.59 Å². The number of hydrogen-bond donors (Lipinski definition) is 2. The van der Waals surface area contributed by atoms with Crippen molar-refractivity contribution < 1.29 is 9.59 Å². The lowest BCUT2D eigenvalue weighted by molar-refractivity contribution is -0.121. The highest BCUT2D eigenvalue weighted by Crippen LogP contribution is 2.07. The number of hydrogen-bond acceptors (Lipinski definition) is 3. The van der Waals surface area contributed by atoms with E-state index in [4.69, 9.17) is 0 Å². The van der Waals surface area contributed by atoms with Gasteiger partial charge in [0.15, 0.2) is 0 Å². The maximum absolute atomic E-state index is 11.8. The van der Waals surface area contributed by atoms with E-state index in [1.165, 1.54) is 0 Å². The van der Waals surface area contributed by atoms with Gasteiger partial charge in [-0.25, -0.2) is 4.98 Å². The van der Waals surface area contributed by atoms with Crippen molar-refractivity contribution in [2.24, 2.45) is 5.92 Å². The zero-order valence-corrected chi connectivity index (χ0v) is 12.7. The van der Waals surface area contributed by atoms with Gasteiger partial charge in [-0.2, -0.15) is 0 Å². The molecule has 1 rings (SSSR count). The number of aromatic nitrogens is 1. The quantitative estimate of drug-likeness (QED) is 0.782. The average Bonchev–Trinajstić information content (AvgIpc) is 2.36. The highest BCUT2D eigenvalue weighted by molar-refractivity contribution is 9.10. The molecule has 0 bridgehead atoms. The Morgan fingerprint density at radius 3 is 2.74 bits per heavy atom. The van der Waals surface area contributed by atoms with Crippen LogP contribution < -0.4 is 10.6 Å². The third-order valence-electron chi connectivity index (χ3n) is 2.33. The van der Waals surface area contributed by atoms with Crippen molar-refractivity contribution in [1.82, 2.24) is 15.6 Å². The van der Waals surface area contributed by atoms with Gasteiger partial charge in [0.05, 0.1) is 0 Å². The smallest absolute Gasteiger partial charge is 0.251 e. The van der Waals surface area contributed by atoms with Crippen molar-refractivity contribution in [3.63, 3.8) is 0 Å². The second-order valence-electron chi connectivity index (χ2n) is 4.57. The molecule has 0 spiro atoms. The van der Waals surface area contributed by atoms with Crippen LogP contribution in [0.15, 0.2) is 22.9 Å². The zero-order chi connectivity index (χ0) is 14.3. The van der Waals surface area contributed by atoms with Gasteiger partial charge in [0.2, 0.25) is 5.91 Å². The third kappa shape index (κ3) is 6.33. The first-order valence-electron chi connectivity index (χ1n) is 6.15. The molecule has 0 atom stereocenters. The fourth-order valence-electron chi connectivity index (χ4n) is 1.34. The maximum atomic E-state index is 11.8. The Bertz CT molecular complexity index is 449. The molecule has 0 saturated heterocycles. The first kappa shape index (κ1) is 15.6. The van der Waals surface area contributed by atoms with Crippen LogP contribution in [0.4, 0.5) is 0 Å². The summed E-state index contributed by atoms with van der Waals surface area (Å²) < 4.78 is 0.606. The van der Waals surface area contributed by atoms with Gasteiger partial charge in [0, 0.05) is 31.3 Å². The standard InChI is InChI=1S/C13H18BrN3O2/c1-9(2)8-17-12(18)4-6-16-13(19)10-3-5-15-11(14)7-10/h3,5,7,9H,4,6,8H2,1-2H3,(H,16,19)(H,17,18). The Kier molecular flexibility index (Phi) is 6.49. The highest BCUT2D eigenvalue weighted by Gasteiger charge is 2.07. The van der Waals surface area contributed by atoms with E-state index in [0.29, 0.717) is 29.2 Å². The molecule has 0 fully saturated rings. The van der Waals surface area contributed by atoms with Crippen LogP contribution in [0.1, 0.15) is 30.6 Å². The van der Waals surface area contributed by atoms with E-state index < -0.39 is 0 Å². The number of carbonyl (C=O) groups is 2. The van der Waals surface area contributed by atoms with Crippen molar-refractivity contribution in [2.45, 2.75) is 20.3 Å². The number of nitrogens with zero attached hydrogens (tertiary/aromatic N) is 1. The molecule has 2 N–H and O–H groups in total. The number of pyridine rings is 1. The van der Waals surface area contributed by atoms with Crippen molar-refractivity contribution in [3.05, 3.63) is 28.5 Å². The van der Waals surface area contributed by atoms with Gasteiger partial charge in [0.25, 0.3) is 5.91 Å². The lowest BCUT2D eigenvalue weighted by atomic mass is 10.2. The fourth-order valence-corrected chi connectivity index (χ4v) is 1.71. The Hall–Kier alpha value is -1.43. The normalized spacial score (nSPS) is 10.3. The summed E-state index contributed by atoms with van der Waals surface area (Å²) >= 11 is 3.20. The third-order valence-corrected chi connectivity index (χ3v) is 2.77.